The molecule has 0 bridgehead atoms. The van der Waals surface area contributed by atoms with E-state index in [9.17, 15) is 14.7 Å². The Hall–Kier alpha value is -4.46. The summed E-state index contributed by atoms with van der Waals surface area (Å²) in [7, 11) is 0. The molecular formula is C39H39ClN4O3. The number of hydrogen-bond donors (Lipinski definition) is 3. The average Bonchev–Trinajstić information content (AvgIpc) is 3.01. The molecule has 0 radical (unpaired) electrons. The number of anilines is 1. The Labute approximate surface area is 279 Å². The monoisotopic (exact) mass is 646 g/mol. The van der Waals surface area contributed by atoms with Crippen molar-refractivity contribution in [3.8, 4) is 22.4 Å². The van der Waals surface area contributed by atoms with Gasteiger partial charge in [0.1, 0.15) is 0 Å². The number of fused-ring (bicyclic) bond motifs is 1. The lowest BCUT2D eigenvalue weighted by molar-refractivity contribution is 0.168. The zero-order valence-electron chi connectivity index (χ0n) is 26.9. The number of amides is 1. The number of H-pyrrole nitrogens is 1. The first-order valence-electron chi connectivity index (χ1n) is 16.3. The first-order chi connectivity index (χ1) is 22.4. The number of halogens is 1. The number of nitrogens with one attached hydrogen (secondary N) is 1. The second-order valence-corrected chi connectivity index (χ2v) is 14.6. The van der Waals surface area contributed by atoms with Crippen LogP contribution in [0, 0.1) is 0 Å². The zero-order valence-corrected chi connectivity index (χ0v) is 27.7. The second-order valence-electron chi connectivity index (χ2n) is 14.2. The first-order valence-corrected chi connectivity index (χ1v) is 16.6. The summed E-state index contributed by atoms with van der Waals surface area (Å²) in [5.41, 5.74) is 12.2. The van der Waals surface area contributed by atoms with E-state index in [1.54, 1.807) is 17.2 Å². The van der Waals surface area contributed by atoms with E-state index < -0.39 is 17.2 Å². The minimum absolute atomic E-state index is 0.216. The number of carboxylic acid groups (broad SMARTS) is 1. The maximum absolute atomic E-state index is 13.6. The van der Waals surface area contributed by atoms with Crippen molar-refractivity contribution >= 4 is 34.3 Å². The Morgan fingerprint density at radius 2 is 1.66 bits per heavy atom. The van der Waals surface area contributed by atoms with E-state index in [2.05, 4.69) is 31.8 Å². The third kappa shape index (κ3) is 5.22. The van der Waals surface area contributed by atoms with Gasteiger partial charge in [-0.3, -0.25) is 9.69 Å². The molecule has 5 aromatic rings. The summed E-state index contributed by atoms with van der Waals surface area (Å²) >= 11 is 6.69. The van der Waals surface area contributed by atoms with E-state index >= 15 is 0 Å². The van der Waals surface area contributed by atoms with Crippen molar-refractivity contribution < 1.29 is 9.90 Å². The number of nitrogens with zero attached hydrogens (tertiary/aromatic N) is 2. The van der Waals surface area contributed by atoms with E-state index in [0.717, 1.165) is 59.1 Å². The minimum atomic E-state index is -1.03. The van der Waals surface area contributed by atoms with Crippen LogP contribution in [0.4, 0.5) is 10.5 Å². The van der Waals surface area contributed by atoms with E-state index in [1.807, 2.05) is 66.7 Å². The second kappa shape index (κ2) is 11.4. The summed E-state index contributed by atoms with van der Waals surface area (Å²) in [4.78, 5) is 35.8. The smallest absolute Gasteiger partial charge is 0.412 e. The van der Waals surface area contributed by atoms with Crippen LogP contribution in [0.25, 0.3) is 33.3 Å². The Bertz CT molecular complexity index is 2070. The van der Waals surface area contributed by atoms with E-state index in [0.29, 0.717) is 40.1 Å². The van der Waals surface area contributed by atoms with Gasteiger partial charge >= 0.3 is 6.09 Å². The number of nitrogens with two attached hydrogens (primary N) is 1. The van der Waals surface area contributed by atoms with Gasteiger partial charge in [-0.15, -0.1) is 0 Å². The van der Waals surface area contributed by atoms with Crippen LogP contribution >= 0.6 is 11.6 Å². The predicted octanol–water partition coefficient (Wildman–Crippen LogP) is 9.11. The van der Waals surface area contributed by atoms with Crippen LogP contribution in [-0.2, 0) is 16.5 Å². The van der Waals surface area contributed by atoms with Gasteiger partial charge in [-0.2, -0.15) is 0 Å². The van der Waals surface area contributed by atoms with Crippen LogP contribution < -0.4 is 16.2 Å². The molecule has 0 spiro atoms. The van der Waals surface area contributed by atoms with Gasteiger partial charge in [-0.1, -0.05) is 87.0 Å². The lowest BCUT2D eigenvalue weighted by Crippen LogP contribution is -2.55. The minimum Gasteiger partial charge on any atom is -0.465 e. The Kier molecular flexibility index (Phi) is 7.53. The Balaban J connectivity index is 1.48. The number of carbonyl (C=O) groups is 1. The summed E-state index contributed by atoms with van der Waals surface area (Å²) in [5, 5.41) is 12.3. The molecule has 4 N–H and O–H groups in total. The fourth-order valence-electron chi connectivity index (χ4n) is 7.34. The SMILES string of the molecule is CC(C)(C)c1cc(C2(N(C(=O)O)c3cc(-c4nc5cc[nH]c(=O)c5cc4-c4ccccc4)ccc3C3(N)CCC3)CCC2)ccc1Cl. The number of aromatic amines is 1. The fraction of sp³-hybridized carbons (Fsp3) is 0.308. The van der Waals surface area contributed by atoms with Crippen molar-refractivity contribution in [2.75, 3.05) is 4.90 Å². The highest BCUT2D eigenvalue weighted by molar-refractivity contribution is 6.31. The van der Waals surface area contributed by atoms with Crippen molar-refractivity contribution in [1.29, 1.82) is 0 Å². The van der Waals surface area contributed by atoms with Crippen LogP contribution in [0.1, 0.15) is 76.0 Å². The highest BCUT2D eigenvalue weighted by atomic mass is 35.5. The van der Waals surface area contributed by atoms with Gasteiger partial charge in [0.15, 0.2) is 0 Å². The molecular weight excluding hydrogens is 608 g/mol. The summed E-state index contributed by atoms with van der Waals surface area (Å²) < 4.78 is 0. The molecule has 2 aliphatic rings. The normalized spacial score (nSPS) is 16.7. The third-order valence-electron chi connectivity index (χ3n) is 10.2. The van der Waals surface area contributed by atoms with Crippen molar-refractivity contribution in [2.45, 2.75) is 75.8 Å². The maximum Gasteiger partial charge on any atom is 0.412 e. The molecule has 0 aliphatic heterocycles. The molecule has 0 atom stereocenters. The zero-order chi connectivity index (χ0) is 33.1. The average molecular weight is 647 g/mol. The number of aromatic nitrogens is 2. The highest BCUT2D eigenvalue weighted by Gasteiger charge is 2.50. The molecule has 3 aromatic carbocycles. The molecule has 2 heterocycles. The number of benzene rings is 3. The summed E-state index contributed by atoms with van der Waals surface area (Å²) in [6, 6.07) is 25.4. The third-order valence-corrected chi connectivity index (χ3v) is 10.6. The van der Waals surface area contributed by atoms with Crippen LogP contribution in [0.15, 0.2) is 89.9 Å². The maximum atomic E-state index is 13.6. The van der Waals surface area contributed by atoms with Crippen LogP contribution in [0.3, 0.4) is 0 Å². The van der Waals surface area contributed by atoms with Crippen molar-refractivity contribution in [2.24, 2.45) is 5.73 Å². The van der Waals surface area contributed by atoms with Gasteiger partial charge in [0.25, 0.3) is 5.56 Å². The Morgan fingerprint density at radius 1 is 0.936 bits per heavy atom. The van der Waals surface area contributed by atoms with E-state index in [4.69, 9.17) is 22.3 Å². The summed E-state index contributed by atoms with van der Waals surface area (Å²) in [6.45, 7) is 6.35. The molecule has 1 amide bonds. The predicted molar refractivity (Wildman–Crippen MR) is 189 cm³/mol. The molecule has 47 heavy (non-hydrogen) atoms. The largest absolute Gasteiger partial charge is 0.465 e. The summed E-state index contributed by atoms with van der Waals surface area (Å²) in [6.07, 6.45) is 5.37. The van der Waals surface area contributed by atoms with Crippen molar-refractivity contribution in [3.05, 3.63) is 117 Å². The van der Waals surface area contributed by atoms with Gasteiger partial charge in [-0.25, -0.2) is 9.78 Å². The lowest BCUT2D eigenvalue weighted by Gasteiger charge is -2.51. The molecule has 7 rings (SSSR count). The van der Waals surface area contributed by atoms with Crippen LogP contribution in [0.5, 0.6) is 0 Å². The fourth-order valence-corrected chi connectivity index (χ4v) is 7.74. The molecule has 2 fully saturated rings. The highest BCUT2D eigenvalue weighted by Crippen LogP contribution is 2.53. The van der Waals surface area contributed by atoms with Gasteiger partial charge in [0.05, 0.1) is 27.8 Å². The number of pyridine rings is 2. The summed E-state index contributed by atoms with van der Waals surface area (Å²) in [5.74, 6) is 0. The van der Waals surface area contributed by atoms with Crippen LogP contribution in [-0.4, -0.2) is 21.2 Å². The van der Waals surface area contributed by atoms with Gasteiger partial charge in [0.2, 0.25) is 0 Å². The molecule has 0 saturated heterocycles. The molecule has 2 saturated carbocycles. The lowest BCUT2D eigenvalue weighted by atomic mass is 9.67. The number of hydrogen-bond acceptors (Lipinski definition) is 4. The molecule has 2 aliphatic carbocycles. The topological polar surface area (TPSA) is 112 Å². The van der Waals surface area contributed by atoms with Gasteiger partial charge in [-0.05, 0) is 90.5 Å². The number of rotatable bonds is 6. The molecule has 2 aromatic heterocycles. The molecule has 0 unspecified atom stereocenters. The van der Waals surface area contributed by atoms with E-state index in [-0.39, 0.29) is 11.0 Å². The first kappa shape index (κ1) is 31.2. The molecule has 240 valence electrons. The molecule has 8 heteroatoms. The van der Waals surface area contributed by atoms with Crippen LogP contribution in [0.2, 0.25) is 5.02 Å². The van der Waals surface area contributed by atoms with Gasteiger partial charge in [0, 0.05) is 27.9 Å². The van der Waals surface area contributed by atoms with Crippen molar-refractivity contribution in [1.82, 2.24) is 9.97 Å². The Morgan fingerprint density at radius 3 is 2.28 bits per heavy atom. The van der Waals surface area contributed by atoms with Gasteiger partial charge < -0.3 is 15.8 Å². The standard InChI is InChI=1S/C39H39ClN4O3/c1-37(2,3)30-22-26(12-14-31(30)40)39(18-8-19-39)44(36(46)47)33-21-25(11-13-29(33)38(41)16-7-17-38)34-27(24-9-5-4-6-10-24)23-28-32(43-34)15-20-42-35(28)45/h4-6,9-15,20-23H,7-8,16-19,41H2,1-3H3,(H,42,45)(H,46,47). The quantitative estimate of drug-likeness (QED) is 0.170. The van der Waals surface area contributed by atoms with Crippen molar-refractivity contribution in [3.63, 3.8) is 0 Å². The molecule has 7 nitrogen and oxygen atoms in total. The van der Waals surface area contributed by atoms with E-state index in [1.165, 1.54) is 0 Å².